The molecule has 5 nitrogen and oxygen atoms in total. The third-order valence-electron chi connectivity index (χ3n) is 5.32. The third-order valence-corrected chi connectivity index (χ3v) is 6.24. The standard InChI is InChI=1S/C25H23NO4S/c1-4-30-19-12-9-17(14-16(19)3)23(27)21-22(20-6-5-13-31-20)26(25(29)24(21)28)18-10-7-15(2)8-11-18/h5-14,22,27H,4H2,1-3H3/b23-21-. The van der Waals surface area contributed by atoms with Crippen LogP contribution in [0.5, 0.6) is 5.75 Å². The van der Waals surface area contributed by atoms with E-state index >= 15 is 0 Å². The fourth-order valence-corrected chi connectivity index (χ4v) is 4.61. The zero-order chi connectivity index (χ0) is 22.1. The molecule has 2 aromatic carbocycles. The summed E-state index contributed by atoms with van der Waals surface area (Å²) in [6, 6.07) is 15.7. The first-order valence-electron chi connectivity index (χ1n) is 10.1. The number of amides is 1. The molecule has 0 aliphatic carbocycles. The number of ketones is 1. The first kappa shape index (κ1) is 20.9. The molecule has 1 fully saturated rings. The van der Waals surface area contributed by atoms with E-state index < -0.39 is 17.7 Å². The van der Waals surface area contributed by atoms with Gasteiger partial charge in [0.15, 0.2) is 0 Å². The molecule has 1 amide bonds. The van der Waals surface area contributed by atoms with Crippen molar-refractivity contribution in [3.8, 4) is 5.75 Å². The van der Waals surface area contributed by atoms with Crippen LogP contribution in [0.25, 0.3) is 5.76 Å². The number of thiophene rings is 1. The Hall–Kier alpha value is -3.38. The lowest BCUT2D eigenvalue weighted by Crippen LogP contribution is -2.29. The van der Waals surface area contributed by atoms with E-state index in [2.05, 4.69) is 0 Å². The second-order valence-electron chi connectivity index (χ2n) is 7.43. The van der Waals surface area contributed by atoms with Crippen LogP contribution >= 0.6 is 11.3 Å². The van der Waals surface area contributed by atoms with Crippen LogP contribution in [0.3, 0.4) is 0 Å². The number of carbonyl (C=O) groups excluding carboxylic acids is 2. The number of aliphatic hydroxyl groups is 1. The van der Waals surface area contributed by atoms with Crippen LogP contribution in [-0.2, 0) is 9.59 Å². The van der Waals surface area contributed by atoms with Crippen molar-refractivity contribution in [2.24, 2.45) is 0 Å². The van der Waals surface area contributed by atoms with E-state index in [1.807, 2.05) is 62.5 Å². The Morgan fingerprint density at radius 2 is 1.84 bits per heavy atom. The smallest absolute Gasteiger partial charge is 0.300 e. The summed E-state index contributed by atoms with van der Waals surface area (Å²) in [4.78, 5) is 28.4. The van der Waals surface area contributed by atoms with Crippen LogP contribution in [0.2, 0.25) is 0 Å². The van der Waals surface area contributed by atoms with Crippen LogP contribution < -0.4 is 9.64 Å². The molecule has 2 heterocycles. The first-order valence-corrected chi connectivity index (χ1v) is 10.9. The van der Waals surface area contributed by atoms with Crippen LogP contribution in [-0.4, -0.2) is 23.4 Å². The van der Waals surface area contributed by atoms with Gasteiger partial charge in [-0.2, -0.15) is 0 Å². The van der Waals surface area contributed by atoms with Gasteiger partial charge >= 0.3 is 0 Å². The molecule has 0 saturated carbocycles. The van der Waals surface area contributed by atoms with Crippen molar-refractivity contribution < 1.29 is 19.4 Å². The van der Waals surface area contributed by atoms with Gasteiger partial charge in [0.05, 0.1) is 12.2 Å². The van der Waals surface area contributed by atoms with Gasteiger partial charge in [0.1, 0.15) is 17.6 Å². The Labute approximate surface area is 185 Å². The normalized spacial score (nSPS) is 17.9. The average molecular weight is 434 g/mol. The number of hydrogen-bond acceptors (Lipinski definition) is 5. The van der Waals surface area contributed by atoms with Gasteiger partial charge in [-0.05, 0) is 68.1 Å². The molecule has 1 atom stereocenters. The fraction of sp³-hybridized carbons (Fsp3) is 0.200. The van der Waals surface area contributed by atoms with Gasteiger partial charge in [-0.15, -0.1) is 11.3 Å². The van der Waals surface area contributed by atoms with Crippen LogP contribution in [0.4, 0.5) is 5.69 Å². The Morgan fingerprint density at radius 3 is 2.45 bits per heavy atom. The Balaban J connectivity index is 1.87. The summed E-state index contributed by atoms with van der Waals surface area (Å²) in [5.74, 6) is -0.805. The second-order valence-corrected chi connectivity index (χ2v) is 8.41. The summed E-state index contributed by atoms with van der Waals surface area (Å²) in [6.07, 6.45) is 0. The lowest BCUT2D eigenvalue weighted by molar-refractivity contribution is -0.132. The maximum absolute atomic E-state index is 13.1. The molecule has 1 aliphatic rings. The molecule has 0 bridgehead atoms. The molecule has 6 heteroatoms. The van der Waals surface area contributed by atoms with Gasteiger partial charge < -0.3 is 9.84 Å². The first-order chi connectivity index (χ1) is 14.9. The molecule has 3 aromatic rings. The number of aryl methyl sites for hydroxylation is 2. The molecule has 1 aliphatic heterocycles. The quantitative estimate of drug-likeness (QED) is 0.333. The van der Waals surface area contributed by atoms with Crippen molar-refractivity contribution in [1.82, 2.24) is 0 Å². The number of carbonyl (C=O) groups is 2. The summed E-state index contributed by atoms with van der Waals surface area (Å²) in [6.45, 7) is 6.28. The minimum absolute atomic E-state index is 0.0941. The molecule has 1 saturated heterocycles. The van der Waals surface area contributed by atoms with E-state index in [0.717, 1.165) is 16.0 Å². The van der Waals surface area contributed by atoms with Crippen molar-refractivity contribution in [3.63, 3.8) is 0 Å². The van der Waals surface area contributed by atoms with Crippen molar-refractivity contribution in [2.45, 2.75) is 26.8 Å². The van der Waals surface area contributed by atoms with Crippen LogP contribution in [0.15, 0.2) is 65.6 Å². The van der Waals surface area contributed by atoms with Crippen molar-refractivity contribution >= 4 is 34.5 Å². The summed E-state index contributed by atoms with van der Waals surface area (Å²) in [5, 5.41) is 13.1. The number of rotatable bonds is 5. The SMILES string of the molecule is CCOc1ccc(/C(O)=C2/C(=O)C(=O)N(c3ccc(C)cc3)C2c2cccs2)cc1C. The maximum Gasteiger partial charge on any atom is 0.300 e. The molecule has 31 heavy (non-hydrogen) atoms. The lowest BCUT2D eigenvalue weighted by Gasteiger charge is -2.24. The van der Waals surface area contributed by atoms with Gasteiger partial charge in [-0.3, -0.25) is 14.5 Å². The number of aliphatic hydroxyl groups excluding tert-OH is 1. The Bertz CT molecular complexity index is 1160. The fourth-order valence-electron chi connectivity index (χ4n) is 3.79. The molecule has 4 rings (SSSR count). The van der Waals surface area contributed by atoms with Gasteiger partial charge in [0.25, 0.3) is 11.7 Å². The van der Waals surface area contributed by atoms with Crippen LogP contribution in [0.1, 0.15) is 34.5 Å². The van der Waals surface area contributed by atoms with Crippen molar-refractivity contribution in [1.29, 1.82) is 0 Å². The molecule has 0 radical (unpaired) electrons. The second kappa shape index (κ2) is 8.40. The number of anilines is 1. The highest BCUT2D eigenvalue weighted by molar-refractivity contribution is 7.10. The summed E-state index contributed by atoms with van der Waals surface area (Å²) in [5.41, 5.74) is 3.08. The van der Waals surface area contributed by atoms with E-state index in [0.29, 0.717) is 23.6 Å². The van der Waals surface area contributed by atoms with E-state index in [1.54, 1.807) is 18.2 Å². The minimum Gasteiger partial charge on any atom is -0.507 e. The largest absolute Gasteiger partial charge is 0.507 e. The van der Waals surface area contributed by atoms with E-state index in [9.17, 15) is 14.7 Å². The summed E-state index contributed by atoms with van der Waals surface area (Å²) in [7, 11) is 0. The molecule has 0 spiro atoms. The zero-order valence-electron chi connectivity index (χ0n) is 17.6. The van der Waals surface area contributed by atoms with E-state index in [-0.39, 0.29) is 11.3 Å². The predicted octanol–water partition coefficient (Wildman–Crippen LogP) is 5.39. The van der Waals surface area contributed by atoms with Gasteiger partial charge in [0.2, 0.25) is 0 Å². The highest BCUT2D eigenvalue weighted by Gasteiger charge is 2.47. The zero-order valence-corrected chi connectivity index (χ0v) is 18.4. The van der Waals surface area contributed by atoms with Crippen LogP contribution in [0, 0.1) is 13.8 Å². The number of ether oxygens (including phenoxy) is 1. The Morgan fingerprint density at radius 1 is 1.10 bits per heavy atom. The predicted molar refractivity (Wildman–Crippen MR) is 123 cm³/mol. The molecule has 1 unspecified atom stereocenters. The lowest BCUT2D eigenvalue weighted by atomic mass is 9.98. The van der Waals surface area contributed by atoms with Crippen molar-refractivity contribution in [3.05, 3.63) is 87.1 Å². The van der Waals surface area contributed by atoms with Gasteiger partial charge in [-0.25, -0.2) is 0 Å². The highest BCUT2D eigenvalue weighted by Crippen LogP contribution is 2.43. The molecular formula is C25H23NO4S. The van der Waals surface area contributed by atoms with E-state index in [4.69, 9.17) is 4.74 Å². The molecule has 1 N–H and O–H groups in total. The number of Topliss-reactive ketones (excluding diaryl/α,β-unsaturated/α-hetero) is 1. The number of benzene rings is 2. The molecular weight excluding hydrogens is 410 g/mol. The highest BCUT2D eigenvalue weighted by atomic mass is 32.1. The number of nitrogens with zero attached hydrogens (tertiary/aromatic N) is 1. The molecule has 1 aromatic heterocycles. The van der Waals surface area contributed by atoms with E-state index in [1.165, 1.54) is 16.2 Å². The average Bonchev–Trinajstić information content (AvgIpc) is 3.37. The number of hydrogen-bond donors (Lipinski definition) is 1. The van der Waals surface area contributed by atoms with Gasteiger partial charge in [0, 0.05) is 16.1 Å². The van der Waals surface area contributed by atoms with Gasteiger partial charge in [-0.1, -0.05) is 23.8 Å². The topological polar surface area (TPSA) is 66.8 Å². The Kier molecular flexibility index (Phi) is 5.65. The third kappa shape index (κ3) is 3.75. The van der Waals surface area contributed by atoms with Crippen molar-refractivity contribution in [2.75, 3.05) is 11.5 Å². The summed E-state index contributed by atoms with van der Waals surface area (Å²) >= 11 is 1.44. The summed E-state index contributed by atoms with van der Waals surface area (Å²) < 4.78 is 5.57. The monoisotopic (exact) mass is 433 g/mol. The molecule has 158 valence electrons. The minimum atomic E-state index is -0.692. The maximum atomic E-state index is 13.1.